The van der Waals surface area contributed by atoms with Crippen LogP contribution in [0.4, 0.5) is 0 Å². The highest BCUT2D eigenvalue weighted by Crippen LogP contribution is 2.68. The number of carbonyl (C=O) groups is 1. The quantitative estimate of drug-likeness (QED) is 0.138. The lowest BCUT2D eigenvalue weighted by molar-refractivity contribution is -0.0687. The van der Waals surface area contributed by atoms with Crippen molar-refractivity contribution in [3.63, 3.8) is 0 Å². The Hall–Kier alpha value is -6.13. The highest BCUT2D eigenvalue weighted by Gasteiger charge is 2.61. The average Bonchev–Trinajstić information content (AvgIpc) is 3.40. The maximum atomic E-state index is 12.7. The van der Waals surface area contributed by atoms with Crippen molar-refractivity contribution in [2.45, 2.75) is 51.2 Å². The monoisotopic (exact) mass is 706 g/mol. The van der Waals surface area contributed by atoms with E-state index in [-0.39, 0.29) is 29.0 Å². The van der Waals surface area contributed by atoms with Crippen LogP contribution in [0.1, 0.15) is 77.0 Å². The molecule has 3 unspecified atom stereocenters. The van der Waals surface area contributed by atoms with Crippen molar-refractivity contribution in [2.75, 3.05) is 0 Å². The largest absolute Gasteiger partial charge is 0.449 e. The van der Waals surface area contributed by atoms with Gasteiger partial charge in [-0.3, -0.25) is 0 Å². The number of rotatable bonds is 2. The molecule has 262 valence electrons. The minimum Gasteiger partial charge on any atom is -0.449 e. The van der Waals surface area contributed by atoms with E-state index in [9.17, 15) is 19.5 Å². The summed E-state index contributed by atoms with van der Waals surface area (Å²) in [6.07, 6.45) is -1.07. The van der Waals surface area contributed by atoms with Gasteiger partial charge in [-0.15, -0.1) is 0 Å². The summed E-state index contributed by atoms with van der Waals surface area (Å²) in [7, 11) is 0. The van der Waals surface area contributed by atoms with Crippen molar-refractivity contribution in [1.82, 2.24) is 0 Å². The van der Waals surface area contributed by atoms with Crippen LogP contribution >= 0.6 is 0 Å². The lowest BCUT2D eigenvalue weighted by Crippen LogP contribution is -2.55. The Morgan fingerprint density at radius 1 is 0.585 bits per heavy atom. The maximum absolute atomic E-state index is 12.7. The zero-order valence-electron chi connectivity index (χ0n) is 29.0. The van der Waals surface area contributed by atoms with Crippen LogP contribution in [0.2, 0.25) is 0 Å². The van der Waals surface area contributed by atoms with Gasteiger partial charge in [-0.25, -0.2) is 14.4 Å². The zero-order valence-corrected chi connectivity index (χ0v) is 29.0. The molecule has 53 heavy (non-hydrogen) atoms. The summed E-state index contributed by atoms with van der Waals surface area (Å²) in [4.78, 5) is 37.5. The summed E-state index contributed by atoms with van der Waals surface area (Å²) in [5.74, 6) is 1.37. The number of hydrogen-bond acceptors (Lipinski definition) is 10. The van der Waals surface area contributed by atoms with Crippen molar-refractivity contribution in [3.8, 4) is 23.0 Å². The molecule has 5 aromatic carbocycles. The second kappa shape index (κ2) is 9.84. The van der Waals surface area contributed by atoms with Crippen LogP contribution < -0.4 is 20.7 Å². The second-order valence-corrected chi connectivity index (χ2v) is 15.1. The number of aliphatic hydroxyl groups excluding tert-OH is 1. The number of esters is 1. The number of cyclic esters (lactones) is 1. The van der Waals surface area contributed by atoms with E-state index in [1.54, 1.807) is 12.1 Å². The molecule has 3 atom stereocenters. The van der Waals surface area contributed by atoms with Crippen molar-refractivity contribution in [3.05, 3.63) is 138 Å². The molecule has 2 aromatic heterocycles. The molecule has 1 N–H and O–H groups in total. The van der Waals surface area contributed by atoms with Crippen LogP contribution in [0.3, 0.4) is 0 Å². The zero-order chi connectivity index (χ0) is 36.3. The van der Waals surface area contributed by atoms with Gasteiger partial charge < -0.3 is 32.6 Å². The first-order chi connectivity index (χ1) is 25.5. The van der Waals surface area contributed by atoms with Gasteiger partial charge in [-0.05, 0) is 87.2 Å². The normalized spacial score (nSPS) is 21.8. The minimum absolute atomic E-state index is 0.0357. The van der Waals surface area contributed by atoms with E-state index < -0.39 is 34.3 Å². The fourth-order valence-electron chi connectivity index (χ4n) is 9.91. The standard InChI is InChI=1S/C43H30O10/c1-18(2)42-24-7-5-6-8-25(24)43(19(3)4,29-17-37-36(16-28(29)42)50-32-12-22-23(13-33(32)51-37)41(47)53-40(22)46)27-15-35-34(14-26(27)42)48-30-9-20-10-38(44)52-39(45)21(20)11-31(30)49-35/h5-9,11-19,38,44H,10H2,1-4H3. The molecule has 0 radical (unpaired) electrons. The molecule has 7 aromatic rings. The number of hydrogen-bond donors (Lipinski definition) is 1. The molecule has 0 saturated carbocycles. The number of ether oxygens (including phenoxy) is 3. The predicted octanol–water partition coefficient (Wildman–Crippen LogP) is 8.18. The van der Waals surface area contributed by atoms with E-state index in [1.165, 1.54) is 23.3 Å². The summed E-state index contributed by atoms with van der Waals surface area (Å²) < 4.78 is 36.1. The number of fused-ring (bicyclic) bond motifs is 6. The molecule has 5 aliphatic rings. The van der Waals surface area contributed by atoms with Gasteiger partial charge in [-0.1, -0.05) is 52.0 Å². The molecule has 0 amide bonds. The molecular formula is C43H30O10. The van der Waals surface area contributed by atoms with Gasteiger partial charge in [0.25, 0.3) is 0 Å². The van der Waals surface area contributed by atoms with E-state index >= 15 is 0 Å². The van der Waals surface area contributed by atoms with E-state index in [0.717, 1.165) is 22.3 Å². The minimum atomic E-state index is -1.22. The first kappa shape index (κ1) is 30.5. The first-order valence-corrected chi connectivity index (χ1v) is 17.7. The molecule has 2 bridgehead atoms. The molecule has 2 aliphatic heterocycles. The van der Waals surface area contributed by atoms with Crippen molar-refractivity contribution >= 4 is 39.1 Å². The molecule has 4 heterocycles. The average molecular weight is 707 g/mol. The van der Waals surface area contributed by atoms with Crippen LogP contribution in [0.25, 0.3) is 33.1 Å². The first-order valence-electron chi connectivity index (χ1n) is 17.7. The van der Waals surface area contributed by atoms with Gasteiger partial charge in [0, 0.05) is 29.4 Å². The summed E-state index contributed by atoms with van der Waals surface area (Å²) in [5.41, 5.74) is 6.53. The Morgan fingerprint density at radius 2 is 1.04 bits per heavy atom. The van der Waals surface area contributed by atoms with Crippen LogP contribution in [-0.4, -0.2) is 17.4 Å². The fourth-order valence-corrected chi connectivity index (χ4v) is 9.91. The molecule has 0 saturated heterocycles. The lowest BCUT2D eigenvalue weighted by Gasteiger charge is -2.59. The lowest BCUT2D eigenvalue weighted by atomic mass is 9.42. The van der Waals surface area contributed by atoms with Gasteiger partial charge in [0.2, 0.25) is 6.29 Å². The van der Waals surface area contributed by atoms with Crippen molar-refractivity contribution < 1.29 is 37.4 Å². The summed E-state index contributed by atoms with van der Waals surface area (Å²) >= 11 is 0. The van der Waals surface area contributed by atoms with Gasteiger partial charge in [-0.2, -0.15) is 0 Å². The Balaban J connectivity index is 1.20. The van der Waals surface area contributed by atoms with Crippen LogP contribution in [0.15, 0.2) is 95.6 Å². The van der Waals surface area contributed by atoms with Crippen LogP contribution in [0.5, 0.6) is 23.0 Å². The Bertz CT molecular complexity index is 2960. The Morgan fingerprint density at radius 3 is 1.55 bits per heavy atom. The number of benzene rings is 5. The van der Waals surface area contributed by atoms with E-state index in [4.69, 9.17) is 27.5 Å². The highest BCUT2D eigenvalue weighted by atomic mass is 16.6. The van der Waals surface area contributed by atoms with Gasteiger partial charge >= 0.3 is 17.2 Å². The molecule has 10 nitrogen and oxygen atoms in total. The van der Waals surface area contributed by atoms with E-state index in [2.05, 4.69) is 76.2 Å². The van der Waals surface area contributed by atoms with E-state index in [0.29, 0.717) is 56.5 Å². The van der Waals surface area contributed by atoms with Crippen molar-refractivity contribution in [2.24, 2.45) is 11.8 Å². The summed E-state index contributed by atoms with van der Waals surface area (Å²) in [6.45, 7) is 8.88. The van der Waals surface area contributed by atoms with Gasteiger partial charge in [0.15, 0.2) is 45.3 Å². The third-order valence-corrected chi connectivity index (χ3v) is 12.0. The summed E-state index contributed by atoms with van der Waals surface area (Å²) in [6, 6.07) is 23.3. The molecule has 10 heteroatoms. The van der Waals surface area contributed by atoms with Crippen LogP contribution in [0, 0.1) is 11.8 Å². The summed E-state index contributed by atoms with van der Waals surface area (Å²) in [5, 5.41) is 10.4. The molecule has 3 aliphatic carbocycles. The fraction of sp³-hybridized carbons (Fsp3) is 0.233. The molecule has 0 fully saturated rings. The smallest absolute Gasteiger partial charge is 0.347 e. The van der Waals surface area contributed by atoms with Crippen molar-refractivity contribution in [1.29, 1.82) is 0 Å². The highest BCUT2D eigenvalue weighted by molar-refractivity contribution is 5.95. The third kappa shape index (κ3) is 3.59. The number of furan rings is 1. The maximum Gasteiger partial charge on any atom is 0.347 e. The van der Waals surface area contributed by atoms with Gasteiger partial charge in [0.1, 0.15) is 0 Å². The SMILES string of the molecule is CC(C)C12c3ccccc3C(C(C)C)(c3cc4c(cc31)Oc1cc3c(cc1O4)C(=O)OC(O)C3)c1cc3oc4cc5c(=O)oc(=O)c5cc4oc3cc12. The number of aliphatic hydroxyl groups is 1. The molecule has 12 rings (SSSR count). The predicted molar refractivity (Wildman–Crippen MR) is 192 cm³/mol. The van der Waals surface area contributed by atoms with E-state index in [1.807, 2.05) is 0 Å². The van der Waals surface area contributed by atoms with Crippen LogP contribution in [-0.2, 0) is 22.0 Å². The van der Waals surface area contributed by atoms with Gasteiger partial charge in [0.05, 0.1) is 16.3 Å². The Labute approximate surface area is 300 Å². The Kier molecular flexibility index (Phi) is 5.66. The molecule has 0 spiro atoms. The third-order valence-electron chi connectivity index (χ3n) is 12.0. The second-order valence-electron chi connectivity index (χ2n) is 15.1. The number of carbonyl (C=O) groups excluding carboxylic acids is 1. The topological polar surface area (TPSA) is 139 Å². The molecular weight excluding hydrogens is 676 g/mol.